The molecule has 2 heterocycles. The molecule has 0 saturated carbocycles. The average Bonchev–Trinajstić information content (AvgIpc) is 3.14. The van der Waals surface area contributed by atoms with Crippen LogP contribution in [0.4, 0.5) is 18.3 Å². The van der Waals surface area contributed by atoms with Crippen molar-refractivity contribution in [3.8, 4) is 0 Å². The summed E-state index contributed by atoms with van der Waals surface area (Å²) in [6.07, 6.45) is -2.52. The van der Waals surface area contributed by atoms with E-state index >= 15 is 0 Å². The summed E-state index contributed by atoms with van der Waals surface area (Å²) in [6.45, 7) is 0.809. The number of alkyl halides is 3. The smallest absolute Gasteiger partial charge is 0.370 e. The predicted molar refractivity (Wildman–Crippen MR) is 115 cm³/mol. The van der Waals surface area contributed by atoms with Gasteiger partial charge in [-0.05, 0) is 38.3 Å². The van der Waals surface area contributed by atoms with Crippen LogP contribution in [-0.4, -0.2) is 46.9 Å². The number of nitrogens with one attached hydrogen (secondary N) is 1. The van der Waals surface area contributed by atoms with Crippen LogP contribution in [0.15, 0.2) is 29.3 Å². The second-order valence-corrected chi connectivity index (χ2v) is 7.93. The molecule has 3 rings (SSSR count). The number of anilines is 1. The van der Waals surface area contributed by atoms with Gasteiger partial charge in [0.05, 0.1) is 16.8 Å². The van der Waals surface area contributed by atoms with Crippen molar-refractivity contribution < 1.29 is 22.8 Å². The Morgan fingerprint density at radius 1 is 1.19 bits per heavy atom. The molecule has 2 aromatic rings. The molecule has 1 aliphatic heterocycles. The van der Waals surface area contributed by atoms with Crippen LogP contribution in [-0.2, 0) is 6.42 Å². The summed E-state index contributed by atoms with van der Waals surface area (Å²) in [4.78, 5) is 34.4. The Morgan fingerprint density at radius 3 is 2.39 bits per heavy atom. The standard InChI is InChI=1S/C19H20F3N5O2S.ClH/c1-11-14(25-18(30-11)26-17(23)24-10-19(20,21)22)8-4-5-9-27-15(28)12-6-2-3-7-13(12)16(27)29;/h2-3,6-7H,4-5,8-10H2,1H3,(H3,23,24,25,26);1H. The summed E-state index contributed by atoms with van der Waals surface area (Å²) in [7, 11) is 0. The van der Waals surface area contributed by atoms with Crippen molar-refractivity contribution in [2.24, 2.45) is 10.7 Å². The normalized spacial score (nSPS) is 13.9. The fraction of sp³-hybridized carbons (Fsp3) is 0.368. The van der Waals surface area contributed by atoms with Crippen LogP contribution in [0.3, 0.4) is 0 Å². The molecule has 0 saturated heterocycles. The molecule has 12 heteroatoms. The number of aryl methyl sites for hydroxylation is 2. The van der Waals surface area contributed by atoms with Crippen molar-refractivity contribution in [1.29, 1.82) is 0 Å². The highest BCUT2D eigenvalue weighted by Gasteiger charge is 2.34. The topological polar surface area (TPSA) is 101 Å². The average molecular weight is 476 g/mol. The van der Waals surface area contributed by atoms with Crippen LogP contribution in [0, 0.1) is 6.92 Å². The third kappa shape index (κ3) is 6.17. The largest absolute Gasteiger partial charge is 0.408 e. The third-order valence-corrected chi connectivity index (χ3v) is 5.41. The Hall–Kier alpha value is -2.66. The molecule has 0 atom stereocenters. The quantitative estimate of drug-likeness (QED) is 0.275. The number of fused-ring (bicyclic) bond motifs is 1. The Labute approximate surface area is 187 Å². The summed E-state index contributed by atoms with van der Waals surface area (Å²) in [5.41, 5.74) is 7.11. The summed E-state index contributed by atoms with van der Waals surface area (Å²) in [6, 6.07) is 6.74. The van der Waals surface area contributed by atoms with E-state index in [1.54, 1.807) is 24.3 Å². The molecule has 31 heavy (non-hydrogen) atoms. The van der Waals surface area contributed by atoms with Gasteiger partial charge in [0.25, 0.3) is 11.8 Å². The van der Waals surface area contributed by atoms with Crippen LogP contribution in [0.2, 0.25) is 0 Å². The minimum atomic E-state index is -4.42. The molecular formula is C19H21ClF3N5O2S. The number of aliphatic imine (C=N–C) groups is 1. The molecule has 2 amide bonds. The molecule has 0 unspecified atom stereocenters. The number of rotatable bonds is 7. The molecule has 0 fully saturated rings. The van der Waals surface area contributed by atoms with Crippen molar-refractivity contribution in [3.63, 3.8) is 0 Å². The fourth-order valence-corrected chi connectivity index (χ4v) is 3.91. The fourth-order valence-electron chi connectivity index (χ4n) is 3.04. The van der Waals surface area contributed by atoms with Crippen LogP contribution in [0.25, 0.3) is 0 Å². The molecule has 7 nitrogen and oxygen atoms in total. The number of imide groups is 1. The molecule has 3 N–H and O–H groups in total. The molecule has 0 bridgehead atoms. The maximum atomic E-state index is 12.3. The maximum absolute atomic E-state index is 12.3. The Kier molecular flexibility index (Phi) is 8.02. The first-order valence-electron chi connectivity index (χ1n) is 9.21. The van der Waals surface area contributed by atoms with Gasteiger partial charge in [-0.3, -0.25) is 14.5 Å². The van der Waals surface area contributed by atoms with Gasteiger partial charge in [-0.1, -0.05) is 12.1 Å². The molecule has 1 aliphatic rings. The minimum absolute atomic E-state index is 0. The van der Waals surface area contributed by atoms with Crippen molar-refractivity contribution in [2.75, 3.05) is 18.4 Å². The zero-order valence-electron chi connectivity index (χ0n) is 16.5. The lowest BCUT2D eigenvalue weighted by Gasteiger charge is -2.13. The second-order valence-electron chi connectivity index (χ2n) is 6.73. The van der Waals surface area contributed by atoms with Gasteiger partial charge in [0.2, 0.25) is 0 Å². The zero-order valence-corrected chi connectivity index (χ0v) is 18.2. The van der Waals surface area contributed by atoms with Gasteiger partial charge in [-0.15, -0.1) is 23.7 Å². The number of hydrogen-bond donors (Lipinski definition) is 2. The minimum Gasteiger partial charge on any atom is -0.370 e. The summed E-state index contributed by atoms with van der Waals surface area (Å²) < 4.78 is 36.6. The number of amides is 2. The van der Waals surface area contributed by atoms with E-state index in [4.69, 9.17) is 5.73 Å². The van der Waals surface area contributed by atoms with E-state index < -0.39 is 12.7 Å². The van der Waals surface area contributed by atoms with Crippen LogP contribution in [0.1, 0.15) is 44.1 Å². The molecule has 168 valence electrons. The van der Waals surface area contributed by atoms with Gasteiger partial charge in [0.1, 0.15) is 6.54 Å². The van der Waals surface area contributed by atoms with Gasteiger partial charge >= 0.3 is 6.18 Å². The first kappa shape index (κ1) is 24.6. The number of nitrogens with two attached hydrogens (primary N) is 1. The monoisotopic (exact) mass is 475 g/mol. The van der Waals surface area contributed by atoms with E-state index in [0.717, 1.165) is 10.6 Å². The Morgan fingerprint density at radius 2 is 1.81 bits per heavy atom. The van der Waals surface area contributed by atoms with E-state index in [-0.39, 0.29) is 30.2 Å². The van der Waals surface area contributed by atoms with Crippen molar-refractivity contribution in [1.82, 2.24) is 9.88 Å². The highest BCUT2D eigenvalue weighted by atomic mass is 35.5. The number of carbonyl (C=O) groups is 2. The molecule has 1 aromatic heterocycles. The number of unbranched alkanes of at least 4 members (excludes halogenated alkanes) is 1. The van der Waals surface area contributed by atoms with Crippen LogP contribution >= 0.6 is 23.7 Å². The first-order valence-corrected chi connectivity index (χ1v) is 10.0. The summed E-state index contributed by atoms with van der Waals surface area (Å²) >= 11 is 1.27. The van der Waals surface area contributed by atoms with Crippen molar-refractivity contribution in [2.45, 2.75) is 32.4 Å². The van der Waals surface area contributed by atoms with Crippen LogP contribution in [0.5, 0.6) is 0 Å². The zero-order chi connectivity index (χ0) is 21.9. The summed E-state index contributed by atoms with van der Waals surface area (Å²) in [5.74, 6) is -0.903. The van der Waals surface area contributed by atoms with Gasteiger partial charge in [0, 0.05) is 11.4 Å². The maximum Gasteiger partial charge on any atom is 0.408 e. The first-order chi connectivity index (χ1) is 14.2. The number of aromatic nitrogens is 1. The lowest BCUT2D eigenvalue weighted by molar-refractivity contribution is -0.118. The number of guanidine groups is 1. The van der Waals surface area contributed by atoms with Crippen molar-refractivity contribution >= 4 is 46.6 Å². The molecule has 0 aliphatic carbocycles. The van der Waals surface area contributed by atoms with E-state index in [1.807, 2.05) is 6.92 Å². The van der Waals surface area contributed by atoms with E-state index in [0.29, 0.717) is 42.1 Å². The van der Waals surface area contributed by atoms with Gasteiger partial charge in [0.15, 0.2) is 11.1 Å². The number of benzene rings is 1. The molecule has 0 spiro atoms. The molecular weight excluding hydrogens is 455 g/mol. The molecule has 1 aromatic carbocycles. The number of carbonyl (C=O) groups excluding carboxylic acids is 2. The van der Waals surface area contributed by atoms with Crippen LogP contribution < -0.4 is 11.1 Å². The number of hydrogen-bond acceptors (Lipinski definition) is 5. The second kappa shape index (κ2) is 10.1. The number of halogens is 4. The SMILES string of the molecule is Cc1sc(NC(N)=NCC(F)(F)F)nc1CCCCN1C(=O)c2ccccc2C1=O.Cl. The highest BCUT2D eigenvalue weighted by molar-refractivity contribution is 7.15. The van der Waals surface area contributed by atoms with E-state index in [9.17, 15) is 22.8 Å². The molecule has 0 radical (unpaired) electrons. The lowest BCUT2D eigenvalue weighted by atomic mass is 10.1. The Bertz CT molecular complexity index is 958. The van der Waals surface area contributed by atoms with E-state index in [1.165, 1.54) is 16.2 Å². The van der Waals surface area contributed by atoms with E-state index in [2.05, 4.69) is 15.3 Å². The highest BCUT2D eigenvalue weighted by Crippen LogP contribution is 2.25. The lowest BCUT2D eigenvalue weighted by Crippen LogP contribution is -2.30. The Balaban J connectivity index is 0.00000341. The summed E-state index contributed by atoms with van der Waals surface area (Å²) in [5, 5.41) is 2.94. The van der Waals surface area contributed by atoms with Gasteiger partial charge < -0.3 is 11.1 Å². The third-order valence-electron chi connectivity index (χ3n) is 4.48. The predicted octanol–water partition coefficient (Wildman–Crippen LogP) is 3.78. The number of thiazole rings is 1. The number of nitrogens with zero attached hydrogens (tertiary/aromatic N) is 3. The van der Waals surface area contributed by atoms with Gasteiger partial charge in [-0.2, -0.15) is 13.2 Å². The van der Waals surface area contributed by atoms with Gasteiger partial charge in [-0.25, -0.2) is 9.98 Å². The van der Waals surface area contributed by atoms with Crippen molar-refractivity contribution in [3.05, 3.63) is 46.0 Å².